The minimum absolute atomic E-state index is 0.489. The minimum Gasteiger partial charge on any atom is -0.388 e. The fourth-order valence-electron chi connectivity index (χ4n) is 2.72. The molecule has 0 radical (unpaired) electrons. The van der Waals surface area contributed by atoms with Gasteiger partial charge >= 0.3 is 0 Å². The SMILES string of the molecule is CCc1nn(CC)c(CC(O)c2cc(C)cc(C)c2)c1Cl. The Kier molecular flexibility index (Phi) is 5.07. The normalized spacial score (nSPS) is 12.7. The number of aliphatic hydroxyl groups excluding tert-OH is 1. The Morgan fingerprint density at radius 1 is 1.19 bits per heavy atom. The molecule has 1 heterocycles. The number of halogens is 1. The summed E-state index contributed by atoms with van der Waals surface area (Å²) in [6.07, 6.45) is 0.730. The lowest BCUT2D eigenvalue weighted by atomic mass is 10.00. The number of nitrogens with zero attached hydrogens (tertiary/aromatic N) is 2. The predicted molar refractivity (Wildman–Crippen MR) is 86.9 cm³/mol. The van der Waals surface area contributed by atoms with Gasteiger partial charge in [-0.05, 0) is 32.8 Å². The van der Waals surface area contributed by atoms with Crippen LogP contribution in [0.4, 0.5) is 0 Å². The largest absolute Gasteiger partial charge is 0.388 e. The van der Waals surface area contributed by atoms with E-state index in [0.717, 1.165) is 41.0 Å². The molecule has 114 valence electrons. The summed E-state index contributed by atoms with van der Waals surface area (Å²) in [5, 5.41) is 15.7. The first kappa shape index (κ1) is 16.1. The van der Waals surface area contributed by atoms with Crippen molar-refractivity contribution in [1.29, 1.82) is 0 Å². The van der Waals surface area contributed by atoms with Crippen molar-refractivity contribution in [3.05, 3.63) is 51.3 Å². The van der Waals surface area contributed by atoms with Gasteiger partial charge in [-0.25, -0.2) is 0 Å². The Morgan fingerprint density at radius 2 is 1.81 bits per heavy atom. The third-order valence-electron chi connectivity index (χ3n) is 3.71. The summed E-state index contributed by atoms with van der Waals surface area (Å²) in [4.78, 5) is 0. The van der Waals surface area contributed by atoms with E-state index in [9.17, 15) is 5.11 Å². The summed E-state index contributed by atoms with van der Waals surface area (Å²) in [7, 11) is 0. The predicted octanol–water partition coefficient (Wildman–Crippen LogP) is 4.01. The summed E-state index contributed by atoms with van der Waals surface area (Å²) in [6, 6.07) is 6.16. The van der Waals surface area contributed by atoms with Gasteiger partial charge in [0.05, 0.1) is 22.5 Å². The summed E-state index contributed by atoms with van der Waals surface area (Å²) in [5.41, 5.74) is 5.08. The molecule has 0 saturated carbocycles. The molecule has 1 aromatic carbocycles. The molecule has 0 aliphatic heterocycles. The number of hydrogen-bond acceptors (Lipinski definition) is 2. The van der Waals surface area contributed by atoms with Gasteiger partial charge < -0.3 is 5.11 Å². The Bertz CT molecular complexity index is 614. The van der Waals surface area contributed by atoms with Crippen LogP contribution in [0.2, 0.25) is 5.02 Å². The molecule has 0 aliphatic carbocycles. The molecule has 2 aromatic rings. The first-order chi connectivity index (χ1) is 9.96. The quantitative estimate of drug-likeness (QED) is 0.906. The van der Waals surface area contributed by atoms with E-state index in [1.54, 1.807) is 0 Å². The van der Waals surface area contributed by atoms with Gasteiger partial charge in [-0.1, -0.05) is 47.9 Å². The molecular weight excluding hydrogens is 284 g/mol. The number of aromatic nitrogens is 2. The van der Waals surface area contributed by atoms with Gasteiger partial charge in [0.25, 0.3) is 0 Å². The molecule has 1 aromatic heterocycles. The zero-order valence-electron chi connectivity index (χ0n) is 13.2. The van der Waals surface area contributed by atoms with Crippen LogP contribution in [0, 0.1) is 13.8 Å². The zero-order chi connectivity index (χ0) is 15.6. The number of rotatable bonds is 5. The van der Waals surface area contributed by atoms with Crippen LogP contribution >= 0.6 is 11.6 Å². The molecule has 1 unspecified atom stereocenters. The van der Waals surface area contributed by atoms with Crippen molar-refractivity contribution in [3.63, 3.8) is 0 Å². The van der Waals surface area contributed by atoms with Gasteiger partial charge in [-0.2, -0.15) is 5.10 Å². The Morgan fingerprint density at radius 3 is 2.33 bits per heavy atom. The molecular formula is C17H23ClN2O. The lowest BCUT2D eigenvalue weighted by Gasteiger charge is -2.14. The highest BCUT2D eigenvalue weighted by atomic mass is 35.5. The third-order valence-corrected chi connectivity index (χ3v) is 4.15. The Balaban J connectivity index is 2.30. The molecule has 0 spiro atoms. The van der Waals surface area contributed by atoms with Gasteiger partial charge in [-0.3, -0.25) is 4.68 Å². The molecule has 21 heavy (non-hydrogen) atoms. The Hall–Kier alpha value is -1.32. The van der Waals surface area contributed by atoms with E-state index >= 15 is 0 Å². The first-order valence-electron chi connectivity index (χ1n) is 7.46. The lowest BCUT2D eigenvalue weighted by Crippen LogP contribution is -2.09. The molecule has 3 nitrogen and oxygen atoms in total. The summed E-state index contributed by atoms with van der Waals surface area (Å²) in [6.45, 7) is 8.92. The number of hydrogen-bond donors (Lipinski definition) is 1. The zero-order valence-corrected chi connectivity index (χ0v) is 13.9. The van der Waals surface area contributed by atoms with Crippen LogP contribution in [0.25, 0.3) is 0 Å². The highest BCUT2D eigenvalue weighted by Crippen LogP contribution is 2.27. The number of benzene rings is 1. The summed E-state index contributed by atoms with van der Waals surface area (Å²) in [5.74, 6) is 0. The van der Waals surface area contributed by atoms with Crippen LogP contribution in [0.5, 0.6) is 0 Å². The maximum absolute atomic E-state index is 10.5. The molecule has 0 fully saturated rings. The number of aryl methyl sites for hydroxylation is 4. The fourth-order valence-corrected chi connectivity index (χ4v) is 3.06. The minimum atomic E-state index is -0.562. The first-order valence-corrected chi connectivity index (χ1v) is 7.84. The second kappa shape index (κ2) is 6.63. The van der Waals surface area contributed by atoms with Crippen LogP contribution in [-0.4, -0.2) is 14.9 Å². The van der Waals surface area contributed by atoms with Crippen molar-refractivity contribution in [2.75, 3.05) is 0 Å². The highest BCUT2D eigenvalue weighted by molar-refractivity contribution is 6.31. The maximum Gasteiger partial charge on any atom is 0.0851 e. The van der Waals surface area contributed by atoms with E-state index in [-0.39, 0.29) is 0 Å². The second-order valence-corrected chi connectivity index (χ2v) is 5.90. The van der Waals surface area contributed by atoms with E-state index in [0.29, 0.717) is 11.4 Å². The van der Waals surface area contributed by atoms with Gasteiger partial charge in [0, 0.05) is 13.0 Å². The topological polar surface area (TPSA) is 38.0 Å². The fraction of sp³-hybridized carbons (Fsp3) is 0.471. The van der Waals surface area contributed by atoms with Crippen molar-refractivity contribution in [1.82, 2.24) is 9.78 Å². The average molecular weight is 307 g/mol. The van der Waals surface area contributed by atoms with Gasteiger partial charge in [-0.15, -0.1) is 0 Å². The highest BCUT2D eigenvalue weighted by Gasteiger charge is 2.19. The van der Waals surface area contributed by atoms with Gasteiger partial charge in [0.1, 0.15) is 0 Å². The lowest BCUT2D eigenvalue weighted by molar-refractivity contribution is 0.175. The van der Waals surface area contributed by atoms with Crippen molar-refractivity contribution in [3.8, 4) is 0 Å². The van der Waals surface area contributed by atoms with Crippen LogP contribution in [0.3, 0.4) is 0 Å². The van der Waals surface area contributed by atoms with Crippen molar-refractivity contribution in [2.45, 2.75) is 53.2 Å². The van der Waals surface area contributed by atoms with Crippen molar-refractivity contribution < 1.29 is 5.11 Å². The molecule has 0 amide bonds. The van der Waals surface area contributed by atoms with Crippen molar-refractivity contribution >= 4 is 11.6 Å². The van der Waals surface area contributed by atoms with Crippen LogP contribution < -0.4 is 0 Å². The third kappa shape index (κ3) is 3.47. The van der Waals surface area contributed by atoms with E-state index in [2.05, 4.69) is 11.2 Å². The van der Waals surface area contributed by atoms with E-state index < -0.39 is 6.10 Å². The van der Waals surface area contributed by atoms with Crippen LogP contribution in [0.1, 0.15) is 48.0 Å². The monoisotopic (exact) mass is 306 g/mol. The van der Waals surface area contributed by atoms with Crippen LogP contribution in [-0.2, 0) is 19.4 Å². The molecule has 0 aliphatic rings. The van der Waals surface area contributed by atoms with E-state index in [1.165, 1.54) is 0 Å². The van der Waals surface area contributed by atoms with E-state index in [1.807, 2.05) is 44.5 Å². The molecule has 1 atom stereocenters. The molecule has 2 rings (SSSR count). The second-order valence-electron chi connectivity index (χ2n) is 5.52. The maximum atomic E-state index is 10.5. The molecule has 0 bridgehead atoms. The van der Waals surface area contributed by atoms with Crippen molar-refractivity contribution in [2.24, 2.45) is 0 Å². The average Bonchev–Trinajstić information content (AvgIpc) is 2.74. The van der Waals surface area contributed by atoms with Crippen LogP contribution in [0.15, 0.2) is 18.2 Å². The van der Waals surface area contributed by atoms with E-state index in [4.69, 9.17) is 11.6 Å². The van der Waals surface area contributed by atoms with Gasteiger partial charge in [0.2, 0.25) is 0 Å². The Labute approximate surface area is 131 Å². The standard InChI is InChI=1S/C17H23ClN2O/c1-5-14-17(18)15(20(6-2)19-14)10-16(21)13-8-11(3)7-12(4)9-13/h7-9,16,21H,5-6,10H2,1-4H3. The molecule has 4 heteroatoms. The summed E-state index contributed by atoms with van der Waals surface area (Å²) >= 11 is 6.41. The summed E-state index contributed by atoms with van der Waals surface area (Å²) < 4.78 is 1.90. The molecule has 1 N–H and O–H groups in total. The molecule has 0 saturated heterocycles. The van der Waals surface area contributed by atoms with Gasteiger partial charge in [0.15, 0.2) is 0 Å². The number of aliphatic hydroxyl groups is 1. The smallest absolute Gasteiger partial charge is 0.0851 e.